The minimum absolute atomic E-state index is 0.0197. The van der Waals surface area contributed by atoms with Crippen LogP contribution in [0.5, 0.6) is 0 Å². The average molecular weight is 306 g/mol. The monoisotopic (exact) mass is 305 g/mol. The van der Waals surface area contributed by atoms with E-state index in [0.29, 0.717) is 29.3 Å². The highest BCUT2D eigenvalue weighted by atomic mass is 35.5. The molecule has 0 aliphatic heterocycles. The number of amides is 1. The minimum Gasteiger partial charge on any atom is -0.378 e. The number of nitrogens with one attached hydrogen (secondary N) is 3. The van der Waals surface area contributed by atoms with Crippen molar-refractivity contribution in [1.29, 1.82) is 0 Å². The number of anilines is 1. The van der Waals surface area contributed by atoms with Crippen molar-refractivity contribution >= 4 is 23.2 Å². The van der Waals surface area contributed by atoms with E-state index in [9.17, 15) is 4.79 Å². The van der Waals surface area contributed by atoms with Gasteiger partial charge >= 0.3 is 0 Å². The number of aromatic amines is 1. The smallest absolute Gasteiger partial charge is 0.227 e. The molecule has 2 aromatic rings. The Morgan fingerprint density at radius 2 is 2.10 bits per heavy atom. The van der Waals surface area contributed by atoms with Crippen LogP contribution in [0.25, 0.3) is 0 Å². The summed E-state index contributed by atoms with van der Waals surface area (Å²) in [6, 6.07) is 7.78. The van der Waals surface area contributed by atoms with Crippen LogP contribution in [-0.4, -0.2) is 27.1 Å². The maximum Gasteiger partial charge on any atom is 0.227 e. The molecule has 1 heterocycles. The number of rotatable bonds is 6. The Balaban J connectivity index is 1.49. The average Bonchev–Trinajstić information content (AvgIpc) is 3.16. The zero-order valence-corrected chi connectivity index (χ0v) is 12.2. The first kappa shape index (κ1) is 13.9. The molecule has 3 rings (SSSR count). The Bertz CT molecular complexity index is 621. The molecule has 1 fully saturated rings. The zero-order valence-electron chi connectivity index (χ0n) is 11.4. The Hall–Kier alpha value is -2.08. The molecule has 0 atom stereocenters. The molecule has 0 unspecified atom stereocenters. The summed E-state index contributed by atoms with van der Waals surface area (Å²) < 4.78 is 0. The summed E-state index contributed by atoms with van der Waals surface area (Å²) in [4.78, 5) is 15.9. The zero-order chi connectivity index (χ0) is 14.7. The molecule has 1 saturated carbocycles. The van der Waals surface area contributed by atoms with Crippen molar-refractivity contribution in [3.05, 3.63) is 40.9 Å². The first-order valence-corrected chi connectivity index (χ1v) is 7.26. The summed E-state index contributed by atoms with van der Waals surface area (Å²) in [5.74, 6) is 1.19. The van der Waals surface area contributed by atoms with Crippen LogP contribution in [0.3, 0.4) is 0 Å². The Morgan fingerprint density at radius 3 is 2.81 bits per heavy atom. The molecule has 1 aromatic carbocycles. The summed E-state index contributed by atoms with van der Waals surface area (Å²) in [7, 11) is 0. The van der Waals surface area contributed by atoms with Gasteiger partial charge in [-0.2, -0.15) is 5.10 Å². The number of hydrogen-bond acceptors (Lipinski definition) is 4. The maximum absolute atomic E-state index is 11.7. The van der Waals surface area contributed by atoms with E-state index < -0.39 is 0 Å². The van der Waals surface area contributed by atoms with E-state index in [1.807, 2.05) is 24.3 Å². The van der Waals surface area contributed by atoms with Crippen LogP contribution >= 0.6 is 11.6 Å². The summed E-state index contributed by atoms with van der Waals surface area (Å²) in [6.45, 7) is 0.513. The number of H-pyrrole nitrogens is 1. The summed E-state index contributed by atoms with van der Waals surface area (Å²) >= 11 is 5.83. The predicted molar refractivity (Wildman–Crippen MR) is 80.0 cm³/mol. The van der Waals surface area contributed by atoms with Gasteiger partial charge in [0.15, 0.2) is 5.82 Å². The van der Waals surface area contributed by atoms with E-state index in [0.717, 1.165) is 18.5 Å². The molecule has 1 aliphatic rings. The van der Waals surface area contributed by atoms with E-state index in [-0.39, 0.29) is 12.3 Å². The lowest BCUT2D eigenvalue weighted by Crippen LogP contribution is -2.27. The lowest BCUT2D eigenvalue weighted by molar-refractivity contribution is -0.120. The molecule has 6 nitrogen and oxygen atoms in total. The molecule has 21 heavy (non-hydrogen) atoms. The van der Waals surface area contributed by atoms with Gasteiger partial charge in [-0.3, -0.25) is 9.89 Å². The summed E-state index contributed by atoms with van der Waals surface area (Å²) in [6.07, 6.45) is 2.37. The van der Waals surface area contributed by atoms with Crippen LogP contribution in [0, 0.1) is 0 Å². The van der Waals surface area contributed by atoms with Crippen molar-refractivity contribution in [2.45, 2.75) is 31.8 Å². The lowest BCUT2D eigenvalue weighted by Gasteiger charge is -2.03. The normalized spacial score (nSPS) is 14.0. The molecule has 0 radical (unpaired) electrons. The fourth-order valence-corrected chi connectivity index (χ4v) is 2.02. The van der Waals surface area contributed by atoms with Crippen LogP contribution < -0.4 is 10.6 Å². The number of carbonyl (C=O) groups is 1. The van der Waals surface area contributed by atoms with Crippen molar-refractivity contribution in [3.8, 4) is 0 Å². The minimum atomic E-state index is -0.0197. The maximum atomic E-state index is 11.7. The molecule has 1 aliphatic carbocycles. The molecule has 0 saturated heterocycles. The van der Waals surface area contributed by atoms with Gasteiger partial charge in [0.25, 0.3) is 0 Å². The first-order valence-electron chi connectivity index (χ1n) is 6.88. The van der Waals surface area contributed by atoms with Gasteiger partial charge < -0.3 is 10.6 Å². The molecule has 3 N–H and O–H groups in total. The molecule has 110 valence electrons. The number of benzene rings is 1. The fraction of sp³-hybridized carbons (Fsp3) is 0.357. The van der Waals surface area contributed by atoms with Gasteiger partial charge in [0.2, 0.25) is 5.91 Å². The number of carbonyl (C=O) groups excluding carboxylic acids is 1. The van der Waals surface area contributed by atoms with Gasteiger partial charge in [-0.1, -0.05) is 11.6 Å². The van der Waals surface area contributed by atoms with E-state index >= 15 is 0 Å². The van der Waals surface area contributed by atoms with Crippen LogP contribution in [0.15, 0.2) is 24.3 Å². The van der Waals surface area contributed by atoms with E-state index in [2.05, 4.69) is 25.8 Å². The van der Waals surface area contributed by atoms with Gasteiger partial charge in [0.05, 0.1) is 13.0 Å². The third kappa shape index (κ3) is 4.19. The third-order valence-corrected chi connectivity index (χ3v) is 3.40. The van der Waals surface area contributed by atoms with Crippen molar-refractivity contribution in [2.24, 2.45) is 0 Å². The molecular formula is C14H16ClN5O. The van der Waals surface area contributed by atoms with Crippen LogP contribution in [0.2, 0.25) is 5.02 Å². The molecule has 1 aromatic heterocycles. The highest BCUT2D eigenvalue weighted by molar-refractivity contribution is 6.30. The first-order chi connectivity index (χ1) is 10.2. The van der Waals surface area contributed by atoms with Crippen LogP contribution in [0.4, 0.5) is 5.69 Å². The fourth-order valence-electron chi connectivity index (χ4n) is 1.90. The third-order valence-electron chi connectivity index (χ3n) is 3.14. The Morgan fingerprint density at radius 1 is 1.33 bits per heavy atom. The number of halogens is 1. The van der Waals surface area contributed by atoms with E-state index in [4.69, 9.17) is 11.6 Å². The van der Waals surface area contributed by atoms with Gasteiger partial charge in [-0.05, 0) is 37.1 Å². The van der Waals surface area contributed by atoms with Crippen LogP contribution in [0.1, 0.15) is 24.5 Å². The van der Waals surface area contributed by atoms with Gasteiger partial charge in [-0.25, -0.2) is 4.98 Å². The topological polar surface area (TPSA) is 82.7 Å². The lowest BCUT2D eigenvalue weighted by atomic mass is 10.3. The molecule has 0 bridgehead atoms. The highest BCUT2D eigenvalue weighted by Crippen LogP contribution is 2.18. The number of nitrogens with zero attached hydrogens (tertiary/aromatic N) is 2. The van der Waals surface area contributed by atoms with Gasteiger partial charge in [0.1, 0.15) is 5.82 Å². The number of aromatic nitrogens is 3. The molecular weight excluding hydrogens is 290 g/mol. The van der Waals surface area contributed by atoms with Crippen molar-refractivity contribution in [2.75, 3.05) is 5.32 Å². The van der Waals surface area contributed by atoms with Crippen LogP contribution in [-0.2, 0) is 17.8 Å². The molecule has 0 spiro atoms. The number of hydrogen-bond donors (Lipinski definition) is 3. The molecule has 7 heteroatoms. The van der Waals surface area contributed by atoms with Crippen molar-refractivity contribution in [1.82, 2.24) is 20.5 Å². The highest BCUT2D eigenvalue weighted by Gasteiger charge is 2.23. The largest absolute Gasteiger partial charge is 0.378 e. The second-order valence-corrected chi connectivity index (χ2v) is 5.51. The Labute approximate surface area is 127 Å². The van der Waals surface area contributed by atoms with Gasteiger partial charge in [-0.15, -0.1) is 0 Å². The molecule has 1 amide bonds. The van der Waals surface area contributed by atoms with Gasteiger partial charge in [0, 0.05) is 16.8 Å². The van der Waals surface area contributed by atoms with E-state index in [1.165, 1.54) is 0 Å². The second-order valence-electron chi connectivity index (χ2n) is 5.08. The standard InChI is InChI=1S/C14H16ClN5O/c15-9-1-3-10(4-2-9)16-8-13-18-12(19-20-13)7-14(21)17-11-5-6-11/h1-4,11,16H,5-8H2,(H,17,21)(H,18,19,20). The van der Waals surface area contributed by atoms with E-state index in [1.54, 1.807) is 0 Å². The quantitative estimate of drug-likeness (QED) is 0.761. The summed E-state index contributed by atoms with van der Waals surface area (Å²) in [5, 5.41) is 13.7. The summed E-state index contributed by atoms with van der Waals surface area (Å²) in [5.41, 5.74) is 0.948. The predicted octanol–water partition coefficient (Wildman–Crippen LogP) is 1.89. The van der Waals surface area contributed by atoms with Crippen molar-refractivity contribution in [3.63, 3.8) is 0 Å². The van der Waals surface area contributed by atoms with Crippen molar-refractivity contribution < 1.29 is 4.79 Å². The second kappa shape index (κ2) is 6.13. The Kier molecular flexibility index (Phi) is 4.06. The SMILES string of the molecule is O=C(Cc1n[nH]c(CNc2ccc(Cl)cc2)n1)NC1CC1.